The smallest absolute Gasteiger partial charge is 0.187 e. The molecule has 3 heteroatoms. The van der Waals surface area contributed by atoms with E-state index >= 15 is 0 Å². The molecule has 1 aromatic rings. The fourth-order valence-corrected chi connectivity index (χ4v) is 2.07. The standard InChI is InChI=1S/C8H9ClOS/c1-2-6-3-4-11-8(6)7(10)5-9/h3-4H,2,5H2,1H3. The second kappa shape index (κ2) is 3.88. The number of hydrogen-bond acceptors (Lipinski definition) is 2. The lowest BCUT2D eigenvalue weighted by atomic mass is 10.2. The van der Waals surface area contributed by atoms with Crippen molar-refractivity contribution in [2.45, 2.75) is 13.3 Å². The molecule has 0 radical (unpaired) electrons. The Morgan fingerprint density at radius 1 is 1.73 bits per heavy atom. The molecular weight excluding hydrogens is 180 g/mol. The van der Waals surface area contributed by atoms with Crippen molar-refractivity contribution in [3.8, 4) is 0 Å². The van der Waals surface area contributed by atoms with Gasteiger partial charge in [-0.3, -0.25) is 4.79 Å². The number of carbonyl (C=O) groups excluding carboxylic acids is 1. The van der Waals surface area contributed by atoms with Crippen LogP contribution in [0.2, 0.25) is 0 Å². The van der Waals surface area contributed by atoms with E-state index in [4.69, 9.17) is 11.6 Å². The number of carbonyl (C=O) groups is 1. The molecule has 0 saturated carbocycles. The van der Waals surface area contributed by atoms with Gasteiger partial charge in [-0.05, 0) is 23.4 Å². The summed E-state index contributed by atoms with van der Waals surface area (Å²) in [7, 11) is 0. The summed E-state index contributed by atoms with van der Waals surface area (Å²) in [5, 5.41) is 1.93. The van der Waals surface area contributed by atoms with Crippen LogP contribution in [0.15, 0.2) is 11.4 Å². The van der Waals surface area contributed by atoms with Crippen LogP contribution < -0.4 is 0 Å². The van der Waals surface area contributed by atoms with Crippen molar-refractivity contribution in [2.24, 2.45) is 0 Å². The Morgan fingerprint density at radius 3 is 3.00 bits per heavy atom. The van der Waals surface area contributed by atoms with Gasteiger partial charge in [0, 0.05) is 0 Å². The summed E-state index contributed by atoms with van der Waals surface area (Å²) < 4.78 is 0. The number of thiophene rings is 1. The third-order valence-corrected chi connectivity index (χ3v) is 2.74. The Hall–Kier alpha value is -0.340. The van der Waals surface area contributed by atoms with E-state index in [2.05, 4.69) is 0 Å². The summed E-state index contributed by atoms with van der Waals surface area (Å²) >= 11 is 6.90. The molecule has 11 heavy (non-hydrogen) atoms. The van der Waals surface area contributed by atoms with Crippen molar-refractivity contribution in [3.63, 3.8) is 0 Å². The normalized spacial score (nSPS) is 10.0. The minimum atomic E-state index is 0.0403. The molecule has 1 nitrogen and oxygen atoms in total. The minimum absolute atomic E-state index is 0.0403. The molecule has 0 unspecified atom stereocenters. The van der Waals surface area contributed by atoms with Gasteiger partial charge < -0.3 is 0 Å². The van der Waals surface area contributed by atoms with Crippen LogP contribution in [-0.4, -0.2) is 11.7 Å². The lowest BCUT2D eigenvalue weighted by Gasteiger charge is -1.94. The first-order chi connectivity index (χ1) is 5.29. The van der Waals surface area contributed by atoms with E-state index in [0.29, 0.717) is 0 Å². The fourth-order valence-electron chi connectivity index (χ4n) is 0.919. The average Bonchev–Trinajstić information content (AvgIpc) is 2.50. The van der Waals surface area contributed by atoms with Crippen LogP contribution in [0.5, 0.6) is 0 Å². The van der Waals surface area contributed by atoms with Gasteiger partial charge >= 0.3 is 0 Å². The van der Waals surface area contributed by atoms with E-state index in [1.807, 2.05) is 18.4 Å². The topological polar surface area (TPSA) is 17.1 Å². The van der Waals surface area contributed by atoms with E-state index in [1.165, 1.54) is 11.3 Å². The van der Waals surface area contributed by atoms with Crippen LogP contribution >= 0.6 is 22.9 Å². The monoisotopic (exact) mass is 188 g/mol. The molecule has 0 spiro atoms. The Kier molecular flexibility index (Phi) is 3.09. The third-order valence-electron chi connectivity index (χ3n) is 1.50. The largest absolute Gasteiger partial charge is 0.292 e. The summed E-state index contributed by atoms with van der Waals surface area (Å²) in [4.78, 5) is 12.0. The van der Waals surface area contributed by atoms with E-state index in [0.717, 1.165) is 16.9 Å². The molecule has 1 rings (SSSR count). The Morgan fingerprint density at radius 2 is 2.45 bits per heavy atom. The SMILES string of the molecule is CCc1ccsc1C(=O)CCl. The molecule has 0 amide bonds. The average molecular weight is 189 g/mol. The zero-order valence-electron chi connectivity index (χ0n) is 6.26. The number of ketones is 1. The lowest BCUT2D eigenvalue weighted by Crippen LogP contribution is -1.99. The summed E-state index contributed by atoms with van der Waals surface area (Å²) in [5.74, 6) is 0.131. The van der Waals surface area contributed by atoms with Gasteiger partial charge in [0.2, 0.25) is 0 Å². The molecule has 0 saturated heterocycles. The van der Waals surface area contributed by atoms with Gasteiger partial charge in [0.05, 0.1) is 10.8 Å². The molecule has 0 aliphatic carbocycles. The fraction of sp³-hybridized carbons (Fsp3) is 0.375. The highest BCUT2D eigenvalue weighted by molar-refractivity contribution is 7.12. The van der Waals surface area contributed by atoms with Crippen LogP contribution in [0.4, 0.5) is 0 Å². The Balaban J connectivity index is 2.92. The molecule has 0 fully saturated rings. The van der Waals surface area contributed by atoms with Crippen molar-refractivity contribution in [1.29, 1.82) is 0 Å². The Labute approximate surface area is 75.0 Å². The maximum atomic E-state index is 11.1. The van der Waals surface area contributed by atoms with Crippen molar-refractivity contribution >= 4 is 28.7 Å². The molecule has 0 aliphatic heterocycles. The van der Waals surface area contributed by atoms with Crippen molar-refractivity contribution in [3.05, 3.63) is 21.9 Å². The summed E-state index contributed by atoms with van der Waals surface area (Å²) in [6.45, 7) is 2.03. The zero-order chi connectivity index (χ0) is 8.27. The molecule has 0 atom stereocenters. The van der Waals surface area contributed by atoms with E-state index < -0.39 is 0 Å². The molecular formula is C8H9ClOS. The summed E-state index contributed by atoms with van der Waals surface area (Å²) in [6.07, 6.45) is 0.904. The molecule has 1 heterocycles. The zero-order valence-corrected chi connectivity index (χ0v) is 7.84. The summed E-state index contributed by atoms with van der Waals surface area (Å²) in [5.41, 5.74) is 1.11. The Bertz CT molecular complexity index is 254. The van der Waals surface area contributed by atoms with Gasteiger partial charge in [0.15, 0.2) is 5.78 Å². The van der Waals surface area contributed by atoms with Gasteiger partial charge in [-0.15, -0.1) is 22.9 Å². The second-order valence-corrected chi connectivity index (χ2v) is 3.37. The van der Waals surface area contributed by atoms with E-state index in [9.17, 15) is 4.79 Å². The highest BCUT2D eigenvalue weighted by atomic mass is 35.5. The van der Waals surface area contributed by atoms with Gasteiger partial charge in [0.25, 0.3) is 0 Å². The molecule has 0 bridgehead atoms. The maximum Gasteiger partial charge on any atom is 0.187 e. The number of halogens is 1. The van der Waals surface area contributed by atoms with Gasteiger partial charge in [-0.1, -0.05) is 6.92 Å². The number of Topliss-reactive ketones (excluding diaryl/α,β-unsaturated/α-hetero) is 1. The van der Waals surface area contributed by atoms with Gasteiger partial charge in [0.1, 0.15) is 0 Å². The molecule has 0 aliphatic rings. The van der Waals surface area contributed by atoms with Crippen molar-refractivity contribution in [1.82, 2.24) is 0 Å². The van der Waals surface area contributed by atoms with Crippen molar-refractivity contribution < 1.29 is 4.79 Å². The van der Waals surface area contributed by atoms with Crippen LogP contribution in [0.3, 0.4) is 0 Å². The maximum absolute atomic E-state index is 11.1. The summed E-state index contributed by atoms with van der Waals surface area (Å²) in [6, 6.07) is 1.98. The quantitative estimate of drug-likeness (QED) is 0.527. The molecule has 0 N–H and O–H groups in total. The van der Waals surface area contributed by atoms with Crippen LogP contribution in [0.1, 0.15) is 22.2 Å². The highest BCUT2D eigenvalue weighted by Gasteiger charge is 2.09. The lowest BCUT2D eigenvalue weighted by molar-refractivity contribution is 0.102. The predicted molar refractivity (Wildman–Crippen MR) is 48.7 cm³/mol. The first kappa shape index (κ1) is 8.75. The second-order valence-electron chi connectivity index (χ2n) is 2.19. The van der Waals surface area contributed by atoms with Crippen LogP contribution in [0, 0.1) is 0 Å². The number of alkyl halides is 1. The van der Waals surface area contributed by atoms with Gasteiger partial charge in [-0.2, -0.15) is 0 Å². The number of rotatable bonds is 3. The van der Waals surface area contributed by atoms with Crippen molar-refractivity contribution in [2.75, 3.05) is 5.88 Å². The first-order valence-electron chi connectivity index (χ1n) is 3.45. The van der Waals surface area contributed by atoms with E-state index in [-0.39, 0.29) is 11.7 Å². The third kappa shape index (κ3) is 1.82. The van der Waals surface area contributed by atoms with Gasteiger partial charge in [-0.25, -0.2) is 0 Å². The predicted octanol–water partition coefficient (Wildman–Crippen LogP) is 2.73. The van der Waals surface area contributed by atoms with Crippen LogP contribution in [-0.2, 0) is 6.42 Å². The minimum Gasteiger partial charge on any atom is -0.292 e. The number of aryl methyl sites for hydroxylation is 1. The molecule has 1 aromatic heterocycles. The first-order valence-corrected chi connectivity index (χ1v) is 4.86. The number of hydrogen-bond donors (Lipinski definition) is 0. The van der Waals surface area contributed by atoms with E-state index in [1.54, 1.807) is 0 Å². The highest BCUT2D eigenvalue weighted by Crippen LogP contribution is 2.18. The van der Waals surface area contributed by atoms with Crippen LogP contribution in [0.25, 0.3) is 0 Å². The molecule has 60 valence electrons. The molecule has 0 aromatic carbocycles.